The number of nitrogens with one attached hydrogen (secondary N) is 1. The first kappa shape index (κ1) is 24.0. The number of sulfonamides is 1. The molecule has 1 heterocycles. The number of anilines is 1. The molecule has 0 atom stereocenters. The summed E-state index contributed by atoms with van der Waals surface area (Å²) in [5, 5.41) is 0.444. The van der Waals surface area contributed by atoms with Crippen LogP contribution < -0.4 is 9.46 Å². The van der Waals surface area contributed by atoms with E-state index in [2.05, 4.69) is 4.72 Å². The lowest BCUT2D eigenvalue weighted by atomic mass is 9.85. The number of carbonyl (C=O) groups is 1. The monoisotopic (exact) mass is 496 g/mol. The number of halogens is 1. The smallest absolute Gasteiger partial charge is 0.261 e. The van der Waals surface area contributed by atoms with Crippen molar-refractivity contribution in [2.75, 3.05) is 11.8 Å². The molecule has 1 aliphatic heterocycles. The van der Waals surface area contributed by atoms with Crippen LogP contribution in [-0.2, 0) is 16.4 Å². The van der Waals surface area contributed by atoms with Gasteiger partial charge in [0, 0.05) is 21.8 Å². The van der Waals surface area contributed by atoms with Crippen molar-refractivity contribution in [2.24, 2.45) is 4.99 Å². The van der Waals surface area contributed by atoms with Crippen molar-refractivity contribution in [3.05, 3.63) is 88.4 Å². The van der Waals surface area contributed by atoms with Gasteiger partial charge in [-0.25, -0.2) is 8.42 Å². The average molecular weight is 497 g/mol. The summed E-state index contributed by atoms with van der Waals surface area (Å²) >= 11 is 5.85. The molecule has 0 radical (unpaired) electrons. The molecule has 176 valence electrons. The van der Waals surface area contributed by atoms with Gasteiger partial charge in [-0.15, -0.1) is 0 Å². The molecule has 0 fully saturated rings. The summed E-state index contributed by atoms with van der Waals surface area (Å²) in [5.41, 5.74) is 3.09. The molecule has 1 aliphatic rings. The number of Topliss-reactive ketones (excluding diaryl/α,β-unsaturated/α-hetero) is 1. The van der Waals surface area contributed by atoms with E-state index < -0.39 is 10.0 Å². The second-order valence-corrected chi connectivity index (χ2v) is 10.9. The molecule has 1 N–H and O–H groups in total. The summed E-state index contributed by atoms with van der Waals surface area (Å²) in [6.45, 7) is 4.08. The first-order valence-electron chi connectivity index (χ1n) is 10.7. The fourth-order valence-corrected chi connectivity index (χ4v) is 5.18. The van der Waals surface area contributed by atoms with Crippen LogP contribution >= 0.6 is 11.6 Å². The van der Waals surface area contributed by atoms with Crippen molar-refractivity contribution >= 4 is 38.8 Å². The van der Waals surface area contributed by atoms with Gasteiger partial charge in [0.25, 0.3) is 10.0 Å². The van der Waals surface area contributed by atoms with Crippen LogP contribution in [0, 0.1) is 0 Å². The number of methoxy groups -OCH3 is 1. The predicted molar refractivity (Wildman–Crippen MR) is 135 cm³/mol. The van der Waals surface area contributed by atoms with E-state index in [1.54, 1.807) is 25.3 Å². The third kappa shape index (κ3) is 5.32. The zero-order valence-electron chi connectivity index (χ0n) is 19.1. The number of aliphatic imine (C=N–C) groups is 1. The van der Waals surface area contributed by atoms with Crippen LogP contribution in [0.25, 0.3) is 0 Å². The third-order valence-electron chi connectivity index (χ3n) is 5.58. The van der Waals surface area contributed by atoms with Gasteiger partial charge in [-0.1, -0.05) is 29.8 Å². The van der Waals surface area contributed by atoms with Crippen molar-refractivity contribution < 1.29 is 17.9 Å². The van der Waals surface area contributed by atoms with Crippen molar-refractivity contribution in [1.82, 2.24) is 0 Å². The summed E-state index contributed by atoms with van der Waals surface area (Å²) in [6, 6.07) is 18.2. The van der Waals surface area contributed by atoms with Crippen molar-refractivity contribution in [3.8, 4) is 5.75 Å². The predicted octanol–water partition coefficient (Wildman–Crippen LogP) is 5.55. The highest BCUT2D eigenvalue weighted by atomic mass is 35.5. The van der Waals surface area contributed by atoms with E-state index in [0.717, 1.165) is 17.5 Å². The van der Waals surface area contributed by atoms with Crippen LogP contribution in [0.1, 0.15) is 41.8 Å². The molecule has 0 aliphatic carbocycles. The Morgan fingerprint density at radius 3 is 2.53 bits per heavy atom. The molecule has 34 heavy (non-hydrogen) atoms. The van der Waals surface area contributed by atoms with Crippen LogP contribution in [0.5, 0.6) is 5.75 Å². The van der Waals surface area contributed by atoms with Crippen molar-refractivity contribution in [3.63, 3.8) is 0 Å². The lowest BCUT2D eigenvalue weighted by Crippen LogP contribution is -2.30. The molecule has 0 spiro atoms. The van der Waals surface area contributed by atoms with Gasteiger partial charge in [0.2, 0.25) is 0 Å². The number of rotatable bonds is 7. The van der Waals surface area contributed by atoms with E-state index in [-0.39, 0.29) is 22.6 Å². The minimum atomic E-state index is -3.82. The summed E-state index contributed by atoms with van der Waals surface area (Å²) < 4.78 is 33.3. The highest BCUT2D eigenvalue weighted by molar-refractivity contribution is 7.92. The molecule has 0 unspecified atom stereocenters. The third-order valence-corrected chi connectivity index (χ3v) is 7.23. The Morgan fingerprint density at radius 1 is 1.09 bits per heavy atom. The number of benzene rings is 3. The Hall–Kier alpha value is -3.16. The lowest BCUT2D eigenvalue weighted by molar-refractivity contribution is 0.100. The molecule has 8 heteroatoms. The van der Waals surface area contributed by atoms with Crippen LogP contribution in [0.2, 0.25) is 5.02 Å². The largest absolute Gasteiger partial charge is 0.497 e. The van der Waals surface area contributed by atoms with Gasteiger partial charge in [-0.05, 0) is 74.4 Å². The molecule has 0 saturated heterocycles. The zero-order chi connectivity index (χ0) is 24.5. The van der Waals surface area contributed by atoms with E-state index in [0.29, 0.717) is 27.7 Å². The van der Waals surface area contributed by atoms with Crippen LogP contribution in [-0.4, -0.2) is 32.6 Å². The number of ether oxygens (including phenoxy) is 1. The Kier molecular flexibility index (Phi) is 6.51. The van der Waals surface area contributed by atoms with Crippen LogP contribution in [0.3, 0.4) is 0 Å². The number of hydrogen-bond donors (Lipinski definition) is 1. The Balaban J connectivity index is 1.58. The Morgan fingerprint density at radius 2 is 1.82 bits per heavy atom. The molecule has 0 saturated carbocycles. The van der Waals surface area contributed by atoms with Crippen LogP contribution in [0.4, 0.5) is 5.69 Å². The zero-order valence-corrected chi connectivity index (χ0v) is 20.7. The molecule has 3 aromatic carbocycles. The number of nitrogens with zero attached hydrogens (tertiary/aromatic N) is 1. The first-order chi connectivity index (χ1) is 16.1. The van der Waals surface area contributed by atoms with E-state index in [1.165, 1.54) is 30.3 Å². The number of fused-ring (bicyclic) bond motifs is 1. The SMILES string of the molecule is COc1ccc2c(c1)C(CC(=O)c1cccc(NS(=O)(=O)c3ccc(Cl)cc3)c1)=NC(C)(C)C2. The number of ketones is 1. The number of hydrogen-bond acceptors (Lipinski definition) is 5. The van der Waals surface area contributed by atoms with Gasteiger partial charge in [0.15, 0.2) is 5.78 Å². The van der Waals surface area contributed by atoms with Gasteiger partial charge < -0.3 is 4.74 Å². The summed E-state index contributed by atoms with van der Waals surface area (Å²) in [4.78, 5) is 18.1. The maximum absolute atomic E-state index is 13.2. The fraction of sp³-hybridized carbons (Fsp3) is 0.231. The summed E-state index contributed by atoms with van der Waals surface area (Å²) in [5.74, 6) is 0.551. The fourth-order valence-electron chi connectivity index (χ4n) is 4.01. The first-order valence-corrected chi connectivity index (χ1v) is 12.6. The highest BCUT2D eigenvalue weighted by Gasteiger charge is 2.28. The van der Waals surface area contributed by atoms with E-state index in [4.69, 9.17) is 21.3 Å². The maximum atomic E-state index is 13.2. The van der Waals surface area contributed by atoms with Gasteiger partial charge in [-0.2, -0.15) is 0 Å². The van der Waals surface area contributed by atoms with Gasteiger partial charge in [0.1, 0.15) is 5.75 Å². The van der Waals surface area contributed by atoms with Crippen molar-refractivity contribution in [1.29, 1.82) is 0 Å². The second-order valence-electron chi connectivity index (χ2n) is 8.81. The Bertz CT molecular complexity index is 1380. The highest BCUT2D eigenvalue weighted by Crippen LogP contribution is 2.31. The molecular formula is C26H25ClN2O4S. The maximum Gasteiger partial charge on any atom is 0.261 e. The minimum Gasteiger partial charge on any atom is -0.497 e. The van der Waals surface area contributed by atoms with E-state index in [9.17, 15) is 13.2 Å². The van der Waals surface area contributed by atoms with Gasteiger partial charge in [0.05, 0.1) is 29.7 Å². The molecule has 0 amide bonds. The lowest BCUT2D eigenvalue weighted by Gasteiger charge is -2.29. The standard InChI is InChI=1S/C26H25ClN2O4S/c1-26(2)16-18-7-10-21(33-3)14-23(18)24(28-26)15-25(30)17-5-4-6-20(13-17)29-34(31,32)22-11-8-19(27)9-12-22/h4-14,29H,15-16H2,1-3H3. The minimum absolute atomic E-state index is 0.0815. The van der Waals surface area contributed by atoms with Gasteiger partial charge >= 0.3 is 0 Å². The quantitative estimate of drug-likeness (QED) is 0.435. The normalized spacial score (nSPS) is 14.6. The molecule has 0 aromatic heterocycles. The van der Waals surface area contributed by atoms with E-state index >= 15 is 0 Å². The summed E-state index contributed by atoms with van der Waals surface area (Å²) in [6.07, 6.45) is 0.864. The molecule has 6 nitrogen and oxygen atoms in total. The molecule has 0 bridgehead atoms. The molecular weight excluding hydrogens is 472 g/mol. The van der Waals surface area contributed by atoms with Crippen LogP contribution in [0.15, 0.2) is 76.6 Å². The summed E-state index contributed by atoms with van der Waals surface area (Å²) in [7, 11) is -2.22. The average Bonchev–Trinajstić information content (AvgIpc) is 2.78. The molecule has 3 aromatic rings. The number of carbonyl (C=O) groups excluding carboxylic acids is 1. The Labute approximate surface area is 204 Å². The van der Waals surface area contributed by atoms with Gasteiger partial charge in [-0.3, -0.25) is 14.5 Å². The topological polar surface area (TPSA) is 84.8 Å². The van der Waals surface area contributed by atoms with Crippen molar-refractivity contribution in [2.45, 2.75) is 37.1 Å². The van der Waals surface area contributed by atoms with E-state index in [1.807, 2.05) is 32.0 Å². The second kappa shape index (κ2) is 9.24. The molecule has 4 rings (SSSR count).